The minimum absolute atomic E-state index is 0.100. The molecule has 1 N–H and O–H groups in total. The molecular formula is C21H19ClFN3O. The smallest absolute Gasteiger partial charge is 0.257 e. The van der Waals surface area contributed by atoms with Crippen molar-refractivity contribution in [2.75, 3.05) is 18.4 Å². The molecule has 2 heterocycles. The molecule has 1 aliphatic heterocycles. The van der Waals surface area contributed by atoms with E-state index in [4.69, 9.17) is 11.6 Å². The predicted octanol–water partition coefficient (Wildman–Crippen LogP) is 5.32. The normalized spacial score (nSPS) is 14.0. The summed E-state index contributed by atoms with van der Waals surface area (Å²) in [6.07, 6.45) is 3.55. The number of carbonyl (C=O) groups is 1. The van der Waals surface area contributed by atoms with Crippen LogP contribution < -0.4 is 5.32 Å². The van der Waals surface area contributed by atoms with E-state index in [9.17, 15) is 9.18 Å². The maximum absolute atomic E-state index is 13.9. The number of halogens is 2. The van der Waals surface area contributed by atoms with E-state index in [-0.39, 0.29) is 11.7 Å². The highest BCUT2D eigenvalue weighted by atomic mass is 35.5. The Balaban J connectivity index is 1.87. The van der Waals surface area contributed by atoms with Crippen LogP contribution in [0.15, 0.2) is 42.6 Å². The number of aromatic nitrogens is 1. The minimum Gasteiger partial charge on any atom is -0.353 e. The second-order valence-electron chi connectivity index (χ2n) is 6.82. The second kappa shape index (κ2) is 7.16. The van der Waals surface area contributed by atoms with E-state index in [0.29, 0.717) is 32.9 Å². The summed E-state index contributed by atoms with van der Waals surface area (Å²) < 4.78 is 13.9. The van der Waals surface area contributed by atoms with Crippen LogP contribution >= 0.6 is 11.6 Å². The molecule has 0 unspecified atom stereocenters. The first kappa shape index (κ1) is 17.7. The standard InChI is InChI=1S/C21H19ClFN3O/c1-13-4-6-19(17(22)10-13)25-20-15-11-14(23)5-7-18(15)24-12-16(20)21(27)26-8-2-3-9-26/h4-7,10-12H,2-3,8-9H2,1H3,(H,24,25). The topological polar surface area (TPSA) is 45.2 Å². The number of aryl methyl sites for hydroxylation is 1. The van der Waals surface area contributed by atoms with E-state index < -0.39 is 0 Å². The fraction of sp³-hybridized carbons (Fsp3) is 0.238. The molecule has 0 atom stereocenters. The Morgan fingerprint density at radius 3 is 2.70 bits per heavy atom. The van der Waals surface area contributed by atoms with Gasteiger partial charge in [0, 0.05) is 24.7 Å². The Morgan fingerprint density at radius 1 is 1.19 bits per heavy atom. The zero-order valence-corrected chi connectivity index (χ0v) is 15.7. The number of amides is 1. The minimum atomic E-state index is -0.381. The van der Waals surface area contributed by atoms with Gasteiger partial charge in [-0.25, -0.2) is 4.39 Å². The number of carbonyl (C=O) groups excluding carboxylic acids is 1. The summed E-state index contributed by atoms with van der Waals surface area (Å²) in [4.78, 5) is 19.2. The lowest BCUT2D eigenvalue weighted by atomic mass is 10.1. The molecule has 4 rings (SSSR count). The molecule has 4 nitrogen and oxygen atoms in total. The van der Waals surface area contributed by atoms with Crippen molar-refractivity contribution in [3.05, 3.63) is 64.6 Å². The first-order valence-electron chi connectivity index (χ1n) is 8.93. The van der Waals surface area contributed by atoms with Gasteiger partial charge in [-0.1, -0.05) is 17.7 Å². The summed E-state index contributed by atoms with van der Waals surface area (Å²) in [5, 5.41) is 4.35. The van der Waals surface area contributed by atoms with E-state index in [1.54, 1.807) is 12.3 Å². The van der Waals surface area contributed by atoms with Gasteiger partial charge in [0.25, 0.3) is 5.91 Å². The Hall–Kier alpha value is -2.66. The molecule has 2 aromatic carbocycles. The Kier molecular flexibility index (Phi) is 4.70. The highest BCUT2D eigenvalue weighted by Crippen LogP contribution is 2.34. The summed E-state index contributed by atoms with van der Waals surface area (Å²) >= 11 is 6.37. The lowest BCUT2D eigenvalue weighted by Gasteiger charge is -2.20. The van der Waals surface area contributed by atoms with Gasteiger partial charge in [0.2, 0.25) is 0 Å². The fourth-order valence-corrected chi connectivity index (χ4v) is 3.69. The molecular weight excluding hydrogens is 365 g/mol. The van der Waals surface area contributed by atoms with Gasteiger partial charge in [0.1, 0.15) is 5.82 Å². The number of hydrogen-bond donors (Lipinski definition) is 1. The number of hydrogen-bond acceptors (Lipinski definition) is 3. The SMILES string of the molecule is Cc1ccc(Nc2c(C(=O)N3CCCC3)cnc3ccc(F)cc23)c(Cl)c1. The number of rotatable bonds is 3. The van der Waals surface area contributed by atoms with E-state index in [2.05, 4.69) is 10.3 Å². The number of nitrogens with zero attached hydrogens (tertiary/aromatic N) is 2. The molecule has 3 aromatic rings. The second-order valence-corrected chi connectivity index (χ2v) is 7.22. The van der Waals surface area contributed by atoms with Crippen LogP contribution in [0, 0.1) is 12.7 Å². The van der Waals surface area contributed by atoms with E-state index in [0.717, 1.165) is 31.5 Å². The number of pyridine rings is 1. The lowest BCUT2D eigenvalue weighted by Crippen LogP contribution is -2.28. The van der Waals surface area contributed by atoms with Crippen LogP contribution in [0.4, 0.5) is 15.8 Å². The van der Waals surface area contributed by atoms with Crippen molar-refractivity contribution in [1.29, 1.82) is 0 Å². The molecule has 1 aliphatic rings. The van der Waals surface area contributed by atoms with Crippen LogP contribution in [0.3, 0.4) is 0 Å². The Bertz CT molecular complexity index is 1030. The van der Waals surface area contributed by atoms with Gasteiger partial charge in [-0.3, -0.25) is 9.78 Å². The number of benzene rings is 2. The van der Waals surface area contributed by atoms with Gasteiger partial charge in [-0.05, 0) is 55.7 Å². The first-order valence-corrected chi connectivity index (χ1v) is 9.31. The monoisotopic (exact) mass is 383 g/mol. The molecule has 0 aliphatic carbocycles. The van der Waals surface area contributed by atoms with E-state index in [1.807, 2.05) is 30.0 Å². The molecule has 0 radical (unpaired) electrons. The molecule has 138 valence electrons. The van der Waals surface area contributed by atoms with Gasteiger partial charge in [0.05, 0.1) is 27.5 Å². The van der Waals surface area contributed by atoms with Crippen molar-refractivity contribution in [3.63, 3.8) is 0 Å². The van der Waals surface area contributed by atoms with Crippen molar-refractivity contribution in [3.8, 4) is 0 Å². The number of anilines is 2. The molecule has 0 bridgehead atoms. The van der Waals surface area contributed by atoms with Crippen LogP contribution in [0.25, 0.3) is 10.9 Å². The van der Waals surface area contributed by atoms with Crippen molar-refractivity contribution in [2.24, 2.45) is 0 Å². The molecule has 0 spiro atoms. The molecule has 1 amide bonds. The lowest BCUT2D eigenvalue weighted by molar-refractivity contribution is 0.0793. The largest absolute Gasteiger partial charge is 0.353 e. The van der Waals surface area contributed by atoms with Crippen LogP contribution in [0.2, 0.25) is 5.02 Å². The van der Waals surface area contributed by atoms with E-state index in [1.165, 1.54) is 12.1 Å². The van der Waals surface area contributed by atoms with Gasteiger partial charge in [0.15, 0.2) is 0 Å². The zero-order valence-electron chi connectivity index (χ0n) is 14.9. The van der Waals surface area contributed by atoms with E-state index >= 15 is 0 Å². The number of fused-ring (bicyclic) bond motifs is 1. The Labute approximate surface area is 162 Å². The third-order valence-corrected chi connectivity index (χ3v) is 5.15. The molecule has 1 aromatic heterocycles. The highest BCUT2D eigenvalue weighted by molar-refractivity contribution is 6.33. The summed E-state index contributed by atoms with van der Waals surface area (Å²) in [6, 6.07) is 9.99. The van der Waals surface area contributed by atoms with Crippen LogP contribution in [0.1, 0.15) is 28.8 Å². The van der Waals surface area contributed by atoms with Gasteiger partial charge in [-0.15, -0.1) is 0 Å². The van der Waals surface area contributed by atoms with Gasteiger partial charge >= 0.3 is 0 Å². The number of likely N-dealkylation sites (tertiary alicyclic amines) is 1. The number of nitrogens with one attached hydrogen (secondary N) is 1. The first-order chi connectivity index (χ1) is 13.0. The zero-order chi connectivity index (χ0) is 19.0. The summed E-state index contributed by atoms with van der Waals surface area (Å²) in [6.45, 7) is 3.41. The summed E-state index contributed by atoms with van der Waals surface area (Å²) in [7, 11) is 0. The highest BCUT2D eigenvalue weighted by Gasteiger charge is 2.24. The molecule has 27 heavy (non-hydrogen) atoms. The maximum Gasteiger partial charge on any atom is 0.257 e. The van der Waals surface area contributed by atoms with Crippen molar-refractivity contribution < 1.29 is 9.18 Å². The molecule has 1 fully saturated rings. The van der Waals surface area contributed by atoms with Gasteiger partial charge < -0.3 is 10.2 Å². The third kappa shape index (κ3) is 3.47. The summed E-state index contributed by atoms with van der Waals surface area (Å²) in [5.74, 6) is -0.481. The van der Waals surface area contributed by atoms with Gasteiger partial charge in [-0.2, -0.15) is 0 Å². The van der Waals surface area contributed by atoms with Crippen LogP contribution in [-0.4, -0.2) is 28.9 Å². The predicted molar refractivity (Wildman–Crippen MR) is 106 cm³/mol. The third-order valence-electron chi connectivity index (χ3n) is 4.84. The molecule has 6 heteroatoms. The van der Waals surface area contributed by atoms with Crippen LogP contribution in [-0.2, 0) is 0 Å². The van der Waals surface area contributed by atoms with Crippen molar-refractivity contribution in [2.45, 2.75) is 19.8 Å². The maximum atomic E-state index is 13.9. The van der Waals surface area contributed by atoms with Crippen LogP contribution in [0.5, 0.6) is 0 Å². The van der Waals surface area contributed by atoms with Crippen molar-refractivity contribution >= 4 is 39.8 Å². The Morgan fingerprint density at radius 2 is 1.96 bits per heavy atom. The molecule has 0 saturated carbocycles. The quantitative estimate of drug-likeness (QED) is 0.666. The average Bonchev–Trinajstić information content (AvgIpc) is 3.18. The van der Waals surface area contributed by atoms with Crippen molar-refractivity contribution in [1.82, 2.24) is 9.88 Å². The fourth-order valence-electron chi connectivity index (χ4n) is 3.41. The molecule has 1 saturated heterocycles. The average molecular weight is 384 g/mol. The summed E-state index contributed by atoms with van der Waals surface area (Å²) in [5.41, 5.74) is 3.26.